The Kier molecular flexibility index (Phi) is 5.42. The van der Waals surface area contributed by atoms with E-state index in [-0.39, 0.29) is 18.3 Å². The second-order valence-corrected chi connectivity index (χ2v) is 7.70. The second-order valence-electron chi connectivity index (χ2n) is 7.70. The molecule has 0 fully saturated rings. The van der Waals surface area contributed by atoms with Gasteiger partial charge in [0, 0.05) is 13.6 Å². The lowest BCUT2D eigenvalue weighted by molar-refractivity contribution is 0.0749. The van der Waals surface area contributed by atoms with E-state index in [2.05, 4.69) is 6.07 Å². The normalized spacial score (nSPS) is 12.5. The van der Waals surface area contributed by atoms with Crippen LogP contribution >= 0.6 is 0 Å². The van der Waals surface area contributed by atoms with Crippen LogP contribution in [0.4, 0.5) is 0 Å². The van der Waals surface area contributed by atoms with Crippen molar-refractivity contribution in [2.75, 3.05) is 20.3 Å². The molecule has 0 aliphatic carbocycles. The van der Waals surface area contributed by atoms with E-state index in [4.69, 9.17) is 18.6 Å². The molecule has 0 saturated carbocycles. The molecule has 0 N–H and O–H groups in total. The van der Waals surface area contributed by atoms with Gasteiger partial charge in [0.05, 0.1) is 0 Å². The number of carbonyl (C=O) groups excluding carboxylic acids is 1. The summed E-state index contributed by atoms with van der Waals surface area (Å²) in [4.78, 5) is 14.4. The molecule has 32 heavy (non-hydrogen) atoms. The molecule has 5 rings (SSSR count). The standard InChI is InChI=1S/C26H23NO5/c1-27(16-18-6-10-23-25(14-18)30-13-12-29-23)26(28)24-11-9-22(32-24)17-31-21-8-7-19-4-2-3-5-20(19)15-21/h2-11,14-15H,12-13,16-17H2,1H3. The van der Waals surface area contributed by atoms with Gasteiger partial charge in [0.15, 0.2) is 17.3 Å². The average Bonchev–Trinajstić information content (AvgIpc) is 3.31. The SMILES string of the molecule is CN(Cc1ccc2c(c1)OCCO2)C(=O)c1ccc(COc2ccc3ccccc3c2)o1. The highest BCUT2D eigenvalue weighted by Crippen LogP contribution is 2.31. The summed E-state index contributed by atoms with van der Waals surface area (Å²) in [6, 6.07) is 23.2. The monoisotopic (exact) mass is 429 g/mol. The lowest BCUT2D eigenvalue weighted by Gasteiger charge is -2.20. The Labute approximate surface area is 185 Å². The summed E-state index contributed by atoms with van der Waals surface area (Å²) in [6.07, 6.45) is 0. The van der Waals surface area contributed by atoms with Gasteiger partial charge in [0.25, 0.3) is 5.91 Å². The van der Waals surface area contributed by atoms with Crippen LogP contribution in [0.1, 0.15) is 21.9 Å². The van der Waals surface area contributed by atoms with Crippen LogP contribution in [0.5, 0.6) is 17.2 Å². The maximum absolute atomic E-state index is 12.8. The van der Waals surface area contributed by atoms with Crippen molar-refractivity contribution in [2.24, 2.45) is 0 Å². The Morgan fingerprint density at radius 1 is 0.906 bits per heavy atom. The number of rotatable bonds is 6. The van der Waals surface area contributed by atoms with E-state index in [1.165, 1.54) is 0 Å². The minimum Gasteiger partial charge on any atom is -0.486 e. The number of carbonyl (C=O) groups is 1. The highest BCUT2D eigenvalue weighted by atomic mass is 16.6. The van der Waals surface area contributed by atoms with Gasteiger partial charge in [-0.25, -0.2) is 0 Å². The van der Waals surface area contributed by atoms with Crippen molar-refractivity contribution >= 4 is 16.7 Å². The van der Waals surface area contributed by atoms with Crippen LogP contribution in [0.2, 0.25) is 0 Å². The third-order valence-electron chi connectivity index (χ3n) is 5.35. The number of nitrogens with zero attached hydrogens (tertiary/aromatic N) is 1. The molecule has 0 unspecified atom stereocenters. The van der Waals surface area contributed by atoms with Gasteiger partial charge >= 0.3 is 0 Å². The molecule has 4 aromatic rings. The summed E-state index contributed by atoms with van der Waals surface area (Å²) < 4.78 is 22.8. The number of hydrogen-bond donors (Lipinski definition) is 0. The second kappa shape index (κ2) is 8.67. The van der Waals surface area contributed by atoms with E-state index in [0.717, 1.165) is 27.8 Å². The molecule has 162 valence electrons. The fraction of sp³-hybridized carbons (Fsp3) is 0.192. The van der Waals surface area contributed by atoms with Gasteiger partial charge in [-0.05, 0) is 52.7 Å². The number of ether oxygens (including phenoxy) is 3. The number of amides is 1. The van der Waals surface area contributed by atoms with Crippen molar-refractivity contribution in [1.82, 2.24) is 4.90 Å². The zero-order valence-corrected chi connectivity index (χ0v) is 17.7. The fourth-order valence-corrected chi connectivity index (χ4v) is 3.70. The quantitative estimate of drug-likeness (QED) is 0.429. The van der Waals surface area contributed by atoms with Crippen LogP contribution in [-0.4, -0.2) is 31.1 Å². The number of benzene rings is 3. The van der Waals surface area contributed by atoms with Gasteiger partial charge in [-0.1, -0.05) is 36.4 Å². The minimum atomic E-state index is -0.197. The zero-order chi connectivity index (χ0) is 21.9. The molecule has 1 amide bonds. The Morgan fingerprint density at radius 3 is 2.59 bits per heavy atom. The maximum atomic E-state index is 12.8. The highest BCUT2D eigenvalue weighted by molar-refractivity contribution is 5.91. The first-order valence-electron chi connectivity index (χ1n) is 10.5. The van der Waals surface area contributed by atoms with E-state index in [9.17, 15) is 4.79 Å². The summed E-state index contributed by atoms with van der Waals surface area (Å²) in [6.45, 7) is 1.76. The van der Waals surface area contributed by atoms with Crippen molar-refractivity contribution in [3.05, 3.63) is 89.9 Å². The summed E-state index contributed by atoms with van der Waals surface area (Å²) in [5.41, 5.74) is 0.955. The average molecular weight is 429 g/mol. The van der Waals surface area contributed by atoms with Crippen LogP contribution in [0.15, 0.2) is 77.2 Å². The predicted molar refractivity (Wildman–Crippen MR) is 120 cm³/mol. The lowest BCUT2D eigenvalue weighted by atomic mass is 10.1. The van der Waals surface area contributed by atoms with Crippen molar-refractivity contribution in [3.63, 3.8) is 0 Å². The maximum Gasteiger partial charge on any atom is 0.289 e. The molecule has 0 radical (unpaired) electrons. The summed E-state index contributed by atoms with van der Waals surface area (Å²) >= 11 is 0. The van der Waals surface area contributed by atoms with Gasteiger partial charge in [0.2, 0.25) is 0 Å². The molecule has 2 heterocycles. The van der Waals surface area contributed by atoms with Crippen LogP contribution in [-0.2, 0) is 13.2 Å². The fourth-order valence-electron chi connectivity index (χ4n) is 3.70. The first-order valence-corrected chi connectivity index (χ1v) is 10.5. The Morgan fingerprint density at radius 2 is 1.72 bits per heavy atom. The zero-order valence-electron chi connectivity index (χ0n) is 17.7. The van der Waals surface area contributed by atoms with E-state index in [1.807, 2.05) is 54.6 Å². The van der Waals surface area contributed by atoms with Gasteiger partial charge in [-0.2, -0.15) is 0 Å². The largest absolute Gasteiger partial charge is 0.486 e. The molecule has 0 bridgehead atoms. The van der Waals surface area contributed by atoms with Gasteiger partial charge in [-0.15, -0.1) is 0 Å². The highest BCUT2D eigenvalue weighted by Gasteiger charge is 2.18. The molecule has 0 atom stereocenters. The van der Waals surface area contributed by atoms with E-state index >= 15 is 0 Å². The molecular formula is C26H23NO5. The number of hydrogen-bond acceptors (Lipinski definition) is 5. The Hall–Kier alpha value is -3.93. The molecular weight excluding hydrogens is 406 g/mol. The van der Waals surface area contributed by atoms with Crippen LogP contribution in [0.3, 0.4) is 0 Å². The van der Waals surface area contributed by atoms with Gasteiger partial charge in [-0.3, -0.25) is 4.79 Å². The molecule has 1 aromatic heterocycles. The summed E-state index contributed by atoms with van der Waals surface area (Å²) in [7, 11) is 1.74. The molecule has 1 aliphatic heterocycles. The van der Waals surface area contributed by atoms with Crippen LogP contribution < -0.4 is 14.2 Å². The molecule has 3 aromatic carbocycles. The molecule has 6 nitrogen and oxygen atoms in total. The van der Waals surface area contributed by atoms with Gasteiger partial charge < -0.3 is 23.5 Å². The molecule has 0 spiro atoms. The van der Waals surface area contributed by atoms with E-state index < -0.39 is 0 Å². The lowest BCUT2D eigenvalue weighted by Crippen LogP contribution is -2.26. The van der Waals surface area contributed by atoms with Crippen molar-refractivity contribution in [3.8, 4) is 17.2 Å². The third-order valence-corrected chi connectivity index (χ3v) is 5.35. The molecule has 0 saturated heterocycles. The molecule has 6 heteroatoms. The van der Waals surface area contributed by atoms with Crippen molar-refractivity contribution in [2.45, 2.75) is 13.2 Å². The molecule has 1 aliphatic rings. The first kappa shape index (κ1) is 20.0. The predicted octanol–water partition coefficient (Wildman–Crippen LogP) is 5.06. The number of furan rings is 1. The van der Waals surface area contributed by atoms with Crippen LogP contribution in [0.25, 0.3) is 10.8 Å². The first-order chi connectivity index (χ1) is 15.7. The third kappa shape index (κ3) is 4.25. The van der Waals surface area contributed by atoms with Crippen molar-refractivity contribution < 1.29 is 23.4 Å². The Balaban J connectivity index is 1.21. The van der Waals surface area contributed by atoms with Gasteiger partial charge in [0.1, 0.15) is 31.3 Å². The van der Waals surface area contributed by atoms with Crippen molar-refractivity contribution in [1.29, 1.82) is 0 Å². The topological polar surface area (TPSA) is 61.1 Å². The van der Waals surface area contributed by atoms with E-state index in [1.54, 1.807) is 24.1 Å². The minimum absolute atomic E-state index is 0.197. The summed E-state index contributed by atoms with van der Waals surface area (Å²) in [5, 5.41) is 2.27. The summed E-state index contributed by atoms with van der Waals surface area (Å²) in [5.74, 6) is 2.87. The number of fused-ring (bicyclic) bond motifs is 2. The smallest absolute Gasteiger partial charge is 0.289 e. The Bertz CT molecular complexity index is 1260. The van der Waals surface area contributed by atoms with E-state index in [0.29, 0.717) is 31.3 Å². The van der Waals surface area contributed by atoms with Crippen LogP contribution in [0, 0.1) is 0 Å².